The van der Waals surface area contributed by atoms with Crippen molar-refractivity contribution < 1.29 is 19.1 Å². The van der Waals surface area contributed by atoms with E-state index >= 15 is 0 Å². The van der Waals surface area contributed by atoms with E-state index in [1.807, 2.05) is 35.2 Å². The van der Waals surface area contributed by atoms with E-state index < -0.39 is 0 Å². The van der Waals surface area contributed by atoms with Gasteiger partial charge in [-0.3, -0.25) is 14.3 Å². The summed E-state index contributed by atoms with van der Waals surface area (Å²) in [5.74, 6) is 1.60. The minimum atomic E-state index is -0.121. The Bertz CT molecular complexity index is 1220. The summed E-state index contributed by atoms with van der Waals surface area (Å²) in [5.41, 5.74) is 2.32. The summed E-state index contributed by atoms with van der Waals surface area (Å²) in [6, 6.07) is 12.8. The maximum absolute atomic E-state index is 12.9. The average molecular weight is 476 g/mol. The van der Waals surface area contributed by atoms with Gasteiger partial charge in [0.1, 0.15) is 5.75 Å². The van der Waals surface area contributed by atoms with Crippen molar-refractivity contribution in [1.82, 2.24) is 24.8 Å². The number of rotatable bonds is 8. The van der Waals surface area contributed by atoms with Crippen LogP contribution < -0.4 is 9.47 Å². The van der Waals surface area contributed by atoms with Gasteiger partial charge in [0.15, 0.2) is 11.5 Å². The van der Waals surface area contributed by atoms with Crippen molar-refractivity contribution in [2.75, 3.05) is 34.3 Å². The SMILES string of the molecule is COc1ccccc1Oc1cc(C(=O)N(C)C)ccc1C1=CCCN(C(=O)CCn2ccnn2)C1. The molecule has 1 aliphatic heterocycles. The molecule has 0 radical (unpaired) electrons. The molecule has 0 atom stereocenters. The Morgan fingerprint density at radius 1 is 1.09 bits per heavy atom. The lowest BCUT2D eigenvalue weighted by molar-refractivity contribution is -0.131. The zero-order valence-electron chi connectivity index (χ0n) is 20.2. The van der Waals surface area contributed by atoms with E-state index in [2.05, 4.69) is 16.4 Å². The fourth-order valence-electron chi connectivity index (χ4n) is 3.96. The van der Waals surface area contributed by atoms with Crippen molar-refractivity contribution in [2.24, 2.45) is 0 Å². The summed E-state index contributed by atoms with van der Waals surface area (Å²) >= 11 is 0. The first-order chi connectivity index (χ1) is 17.0. The molecule has 0 N–H and O–H groups in total. The Labute approximate surface area is 204 Å². The molecule has 0 fully saturated rings. The second-order valence-corrected chi connectivity index (χ2v) is 8.41. The number of carbonyl (C=O) groups is 2. The van der Waals surface area contributed by atoms with Crippen LogP contribution in [0, 0.1) is 0 Å². The predicted molar refractivity (Wildman–Crippen MR) is 131 cm³/mol. The van der Waals surface area contributed by atoms with Crippen LogP contribution in [0.15, 0.2) is 60.9 Å². The maximum Gasteiger partial charge on any atom is 0.253 e. The van der Waals surface area contributed by atoms with Crippen LogP contribution in [0.5, 0.6) is 17.2 Å². The number of hydrogen-bond donors (Lipinski definition) is 0. The van der Waals surface area contributed by atoms with E-state index in [1.54, 1.807) is 50.4 Å². The number of aryl methyl sites for hydroxylation is 1. The van der Waals surface area contributed by atoms with Crippen LogP contribution in [0.4, 0.5) is 0 Å². The highest BCUT2D eigenvalue weighted by Gasteiger charge is 2.23. The van der Waals surface area contributed by atoms with Crippen LogP contribution in [-0.2, 0) is 11.3 Å². The summed E-state index contributed by atoms with van der Waals surface area (Å²) in [6.07, 6.45) is 6.54. The molecule has 0 saturated carbocycles. The Morgan fingerprint density at radius 3 is 2.60 bits per heavy atom. The van der Waals surface area contributed by atoms with Crippen LogP contribution in [0.3, 0.4) is 0 Å². The van der Waals surface area contributed by atoms with Gasteiger partial charge in [-0.2, -0.15) is 0 Å². The van der Waals surface area contributed by atoms with E-state index in [1.165, 1.54) is 4.90 Å². The number of ether oxygens (including phenoxy) is 2. The molecule has 0 saturated heterocycles. The van der Waals surface area contributed by atoms with Crippen LogP contribution >= 0.6 is 0 Å². The molecule has 9 nitrogen and oxygen atoms in total. The number of aromatic nitrogens is 3. The monoisotopic (exact) mass is 475 g/mol. The first kappa shape index (κ1) is 24.0. The molecule has 0 aliphatic carbocycles. The standard InChI is InChI=1S/C26H29N5O4/c1-29(2)26(33)19-10-11-21(24(17-19)35-23-9-5-4-8-22(23)34-3)20-7-6-14-30(18-20)25(32)12-15-31-16-13-27-28-31/h4-5,7-11,13,16-17H,6,12,14-15,18H2,1-3H3. The van der Waals surface area contributed by atoms with Crippen LogP contribution in [0.2, 0.25) is 0 Å². The Hall–Kier alpha value is -4.14. The van der Waals surface area contributed by atoms with Crippen molar-refractivity contribution in [3.05, 3.63) is 72.1 Å². The number of para-hydroxylation sites is 2. The van der Waals surface area contributed by atoms with E-state index in [9.17, 15) is 9.59 Å². The van der Waals surface area contributed by atoms with Crippen LogP contribution in [0.25, 0.3) is 5.57 Å². The maximum atomic E-state index is 12.9. The molecule has 4 rings (SSSR count). The highest BCUT2D eigenvalue weighted by atomic mass is 16.5. The third-order valence-corrected chi connectivity index (χ3v) is 5.80. The highest BCUT2D eigenvalue weighted by Crippen LogP contribution is 2.37. The van der Waals surface area contributed by atoms with Crippen LogP contribution in [0.1, 0.15) is 28.8 Å². The largest absolute Gasteiger partial charge is 0.493 e. The van der Waals surface area contributed by atoms with Gasteiger partial charge in [0.2, 0.25) is 5.91 Å². The average Bonchev–Trinajstić information content (AvgIpc) is 3.41. The molecule has 2 heterocycles. The molecule has 0 unspecified atom stereocenters. The smallest absolute Gasteiger partial charge is 0.253 e. The summed E-state index contributed by atoms with van der Waals surface area (Å²) in [7, 11) is 5.01. The van der Waals surface area contributed by atoms with Gasteiger partial charge in [-0.25, -0.2) is 0 Å². The number of methoxy groups -OCH3 is 1. The van der Waals surface area contributed by atoms with Gasteiger partial charge in [-0.15, -0.1) is 5.10 Å². The lowest BCUT2D eigenvalue weighted by Gasteiger charge is -2.28. The zero-order valence-corrected chi connectivity index (χ0v) is 20.2. The van der Waals surface area contributed by atoms with Gasteiger partial charge < -0.3 is 19.3 Å². The van der Waals surface area contributed by atoms with Gasteiger partial charge in [0.05, 0.1) is 19.9 Å². The quantitative estimate of drug-likeness (QED) is 0.496. The number of nitrogens with zero attached hydrogens (tertiary/aromatic N) is 5. The first-order valence-electron chi connectivity index (χ1n) is 11.4. The van der Waals surface area contributed by atoms with Crippen molar-refractivity contribution >= 4 is 17.4 Å². The van der Waals surface area contributed by atoms with Crippen molar-refractivity contribution in [3.8, 4) is 17.2 Å². The third-order valence-electron chi connectivity index (χ3n) is 5.80. The van der Waals surface area contributed by atoms with Crippen molar-refractivity contribution in [2.45, 2.75) is 19.4 Å². The van der Waals surface area contributed by atoms with Gasteiger partial charge in [-0.05, 0) is 36.3 Å². The highest BCUT2D eigenvalue weighted by molar-refractivity contribution is 5.95. The van der Waals surface area contributed by atoms with Gasteiger partial charge in [-0.1, -0.05) is 29.5 Å². The molecule has 1 aliphatic rings. The number of benzene rings is 2. The topological polar surface area (TPSA) is 89.8 Å². The van der Waals surface area contributed by atoms with Crippen LogP contribution in [-0.4, -0.2) is 70.9 Å². The zero-order chi connectivity index (χ0) is 24.8. The molecular formula is C26H29N5O4. The summed E-state index contributed by atoms with van der Waals surface area (Å²) in [4.78, 5) is 28.9. The number of hydrogen-bond acceptors (Lipinski definition) is 6. The Kier molecular flexibility index (Phi) is 7.45. The molecular weight excluding hydrogens is 446 g/mol. The van der Waals surface area contributed by atoms with Gasteiger partial charge in [0.25, 0.3) is 5.91 Å². The predicted octanol–water partition coefficient (Wildman–Crippen LogP) is 3.49. The Morgan fingerprint density at radius 2 is 1.89 bits per heavy atom. The van der Waals surface area contributed by atoms with E-state index in [4.69, 9.17) is 9.47 Å². The minimum absolute atomic E-state index is 0.0534. The molecule has 2 aromatic carbocycles. The number of amides is 2. The van der Waals surface area contributed by atoms with E-state index in [-0.39, 0.29) is 11.8 Å². The molecule has 0 bridgehead atoms. The molecule has 0 spiro atoms. The molecule has 3 aromatic rings. The molecule has 9 heteroatoms. The van der Waals surface area contributed by atoms with Gasteiger partial charge in [0, 0.05) is 50.9 Å². The third kappa shape index (κ3) is 5.68. The van der Waals surface area contributed by atoms with Crippen molar-refractivity contribution in [1.29, 1.82) is 0 Å². The second-order valence-electron chi connectivity index (χ2n) is 8.41. The summed E-state index contributed by atoms with van der Waals surface area (Å²) in [5, 5.41) is 7.70. The number of carbonyl (C=O) groups excluding carboxylic acids is 2. The second kappa shape index (κ2) is 10.9. The normalized spacial score (nSPS) is 13.2. The van der Waals surface area contributed by atoms with E-state index in [0.29, 0.717) is 48.9 Å². The van der Waals surface area contributed by atoms with Crippen molar-refractivity contribution in [3.63, 3.8) is 0 Å². The summed E-state index contributed by atoms with van der Waals surface area (Å²) < 4.78 is 13.4. The molecule has 35 heavy (non-hydrogen) atoms. The fraction of sp³-hybridized carbons (Fsp3) is 0.308. The van der Waals surface area contributed by atoms with Gasteiger partial charge >= 0.3 is 0 Å². The fourth-order valence-corrected chi connectivity index (χ4v) is 3.96. The van der Waals surface area contributed by atoms with E-state index in [0.717, 1.165) is 17.6 Å². The lowest BCUT2D eigenvalue weighted by atomic mass is 9.98. The molecule has 2 amide bonds. The molecule has 1 aromatic heterocycles. The lowest BCUT2D eigenvalue weighted by Crippen LogP contribution is -2.36. The summed E-state index contributed by atoms with van der Waals surface area (Å²) in [6.45, 7) is 1.59. The molecule has 182 valence electrons. The first-order valence-corrected chi connectivity index (χ1v) is 11.4. The Balaban J connectivity index is 1.60. The minimum Gasteiger partial charge on any atom is -0.493 e.